The van der Waals surface area contributed by atoms with Gasteiger partial charge in [0.15, 0.2) is 5.69 Å². The zero-order valence-corrected chi connectivity index (χ0v) is 16.4. The summed E-state index contributed by atoms with van der Waals surface area (Å²) in [6.07, 6.45) is 2.32. The van der Waals surface area contributed by atoms with Crippen molar-refractivity contribution in [1.82, 2.24) is 25.3 Å². The van der Waals surface area contributed by atoms with Crippen LogP contribution in [0.5, 0.6) is 0 Å². The topological polar surface area (TPSA) is 72.7 Å². The number of hydrogen-bond donors (Lipinski definition) is 1. The number of hydrogen-bond acceptors (Lipinski definition) is 4. The molecule has 6 nitrogen and oxygen atoms in total. The predicted molar refractivity (Wildman–Crippen MR) is 112 cm³/mol. The van der Waals surface area contributed by atoms with E-state index in [1.807, 2.05) is 36.4 Å². The Kier molecular flexibility index (Phi) is 5.61. The predicted octanol–water partition coefficient (Wildman–Crippen LogP) is 3.75. The van der Waals surface area contributed by atoms with E-state index >= 15 is 0 Å². The summed E-state index contributed by atoms with van der Waals surface area (Å²) in [5, 5.41) is 11.1. The third-order valence-corrected chi connectivity index (χ3v) is 4.80. The van der Waals surface area contributed by atoms with Gasteiger partial charge in [0.1, 0.15) is 11.5 Å². The van der Waals surface area contributed by atoms with Crippen LogP contribution in [-0.2, 0) is 6.42 Å². The third-order valence-electron chi connectivity index (χ3n) is 4.80. The van der Waals surface area contributed by atoms with Crippen LogP contribution in [-0.4, -0.2) is 32.4 Å². The number of carbonyl (C=O) groups is 1. The van der Waals surface area contributed by atoms with Gasteiger partial charge < -0.3 is 5.32 Å². The van der Waals surface area contributed by atoms with Gasteiger partial charge in [-0.2, -0.15) is 0 Å². The Morgan fingerprint density at radius 2 is 1.83 bits per heavy atom. The molecule has 0 atom stereocenters. The van der Waals surface area contributed by atoms with Crippen molar-refractivity contribution in [3.05, 3.63) is 95.6 Å². The van der Waals surface area contributed by atoms with Gasteiger partial charge in [0, 0.05) is 18.3 Å². The van der Waals surface area contributed by atoms with Gasteiger partial charge in [-0.25, -0.2) is 9.07 Å². The molecule has 7 heteroatoms. The number of aromatic nitrogens is 4. The second kappa shape index (κ2) is 8.65. The average molecular weight is 401 g/mol. The zero-order chi connectivity index (χ0) is 20.9. The lowest BCUT2D eigenvalue weighted by molar-refractivity contribution is 0.0949. The smallest absolute Gasteiger partial charge is 0.274 e. The molecule has 1 amide bonds. The highest BCUT2D eigenvalue weighted by atomic mass is 19.1. The van der Waals surface area contributed by atoms with E-state index in [-0.39, 0.29) is 17.4 Å². The van der Waals surface area contributed by atoms with Gasteiger partial charge in [0.05, 0.1) is 11.4 Å². The Hall–Kier alpha value is -3.87. The molecular formula is C23H20FN5O. The highest BCUT2D eigenvalue weighted by Crippen LogP contribution is 2.26. The lowest BCUT2D eigenvalue weighted by Crippen LogP contribution is -2.26. The summed E-state index contributed by atoms with van der Waals surface area (Å²) in [5.74, 6) is -0.712. The first-order valence-electron chi connectivity index (χ1n) is 9.60. The molecule has 0 saturated heterocycles. The Bertz CT molecular complexity index is 1160. The maximum Gasteiger partial charge on any atom is 0.274 e. The highest BCUT2D eigenvalue weighted by Gasteiger charge is 2.24. The molecular weight excluding hydrogens is 381 g/mol. The minimum Gasteiger partial charge on any atom is -0.350 e. The molecule has 2 heterocycles. The van der Waals surface area contributed by atoms with Crippen LogP contribution >= 0.6 is 0 Å². The van der Waals surface area contributed by atoms with E-state index in [0.717, 1.165) is 5.56 Å². The molecule has 0 unspecified atom stereocenters. The first kappa shape index (κ1) is 19.4. The van der Waals surface area contributed by atoms with E-state index in [4.69, 9.17) is 0 Å². The number of pyridine rings is 1. The normalized spacial score (nSPS) is 10.7. The van der Waals surface area contributed by atoms with E-state index in [0.29, 0.717) is 35.6 Å². The minimum atomic E-state index is -0.358. The van der Waals surface area contributed by atoms with Crippen LogP contribution in [0.2, 0.25) is 0 Å². The molecule has 0 bridgehead atoms. The van der Waals surface area contributed by atoms with E-state index in [2.05, 4.69) is 20.6 Å². The van der Waals surface area contributed by atoms with Crippen LogP contribution < -0.4 is 5.32 Å². The van der Waals surface area contributed by atoms with Gasteiger partial charge in [-0.15, -0.1) is 5.10 Å². The fraction of sp³-hybridized carbons (Fsp3) is 0.130. The quantitative estimate of drug-likeness (QED) is 0.534. The summed E-state index contributed by atoms with van der Waals surface area (Å²) >= 11 is 0. The van der Waals surface area contributed by atoms with E-state index < -0.39 is 0 Å². The summed E-state index contributed by atoms with van der Waals surface area (Å²) in [7, 11) is 0. The summed E-state index contributed by atoms with van der Waals surface area (Å²) in [5.41, 5.74) is 3.13. The fourth-order valence-electron chi connectivity index (χ4n) is 3.21. The maximum atomic E-state index is 14.1. The second-order valence-corrected chi connectivity index (χ2v) is 6.79. The van der Waals surface area contributed by atoms with Crippen molar-refractivity contribution < 1.29 is 9.18 Å². The van der Waals surface area contributed by atoms with Crippen LogP contribution in [0.15, 0.2) is 72.9 Å². The molecule has 2 aromatic heterocycles. The van der Waals surface area contributed by atoms with Gasteiger partial charge >= 0.3 is 0 Å². The Labute approximate surface area is 173 Å². The van der Waals surface area contributed by atoms with Crippen LogP contribution in [0, 0.1) is 12.7 Å². The van der Waals surface area contributed by atoms with Crippen LogP contribution in [0.25, 0.3) is 17.1 Å². The summed E-state index contributed by atoms with van der Waals surface area (Å²) in [6, 6.07) is 20.0. The molecule has 0 aliphatic carbocycles. The highest BCUT2D eigenvalue weighted by molar-refractivity contribution is 5.97. The summed E-state index contributed by atoms with van der Waals surface area (Å²) < 4.78 is 15.6. The van der Waals surface area contributed by atoms with Crippen molar-refractivity contribution in [3.63, 3.8) is 0 Å². The Balaban J connectivity index is 1.67. The van der Waals surface area contributed by atoms with Gasteiger partial charge in [0.2, 0.25) is 0 Å². The van der Waals surface area contributed by atoms with Crippen molar-refractivity contribution in [2.24, 2.45) is 0 Å². The maximum absolute atomic E-state index is 14.1. The molecule has 0 aliphatic heterocycles. The number of nitrogens with one attached hydrogen (secondary N) is 1. The number of rotatable bonds is 6. The van der Waals surface area contributed by atoms with Gasteiger partial charge in [0.25, 0.3) is 5.91 Å². The molecule has 4 aromatic rings. The van der Waals surface area contributed by atoms with Crippen molar-refractivity contribution in [2.75, 3.05) is 6.54 Å². The molecule has 2 aromatic carbocycles. The van der Waals surface area contributed by atoms with Crippen LogP contribution in [0.3, 0.4) is 0 Å². The first-order chi connectivity index (χ1) is 14.6. The molecule has 0 aliphatic rings. The monoisotopic (exact) mass is 401 g/mol. The lowest BCUT2D eigenvalue weighted by Gasteiger charge is -2.11. The molecule has 0 radical (unpaired) electrons. The summed E-state index contributed by atoms with van der Waals surface area (Å²) in [6.45, 7) is 2.12. The van der Waals surface area contributed by atoms with Gasteiger partial charge in [-0.05, 0) is 43.2 Å². The molecule has 0 spiro atoms. The van der Waals surface area contributed by atoms with Crippen LogP contribution in [0.4, 0.5) is 4.39 Å². The molecule has 1 N–H and O–H groups in total. The number of nitrogens with zero attached hydrogens (tertiary/aromatic N) is 4. The third kappa shape index (κ3) is 3.96. The number of carbonyl (C=O) groups excluding carboxylic acids is 1. The minimum absolute atomic E-state index is 0.144. The van der Waals surface area contributed by atoms with E-state index in [9.17, 15) is 9.18 Å². The van der Waals surface area contributed by atoms with Gasteiger partial charge in [-0.3, -0.25) is 9.78 Å². The van der Waals surface area contributed by atoms with Crippen molar-refractivity contribution in [1.29, 1.82) is 0 Å². The molecule has 30 heavy (non-hydrogen) atoms. The van der Waals surface area contributed by atoms with Crippen molar-refractivity contribution in [3.8, 4) is 17.1 Å². The fourth-order valence-corrected chi connectivity index (χ4v) is 3.21. The standard InChI is InChI=1S/C23H20FN5O/c1-16-18(24)10-7-12-20(16)29-22(19-11-5-6-14-25-19)21(27-28-29)23(30)26-15-13-17-8-3-2-4-9-17/h2-12,14H,13,15H2,1H3,(H,26,30). The number of amides is 1. The number of benzene rings is 2. The average Bonchev–Trinajstić information content (AvgIpc) is 3.22. The second-order valence-electron chi connectivity index (χ2n) is 6.79. The van der Waals surface area contributed by atoms with Crippen molar-refractivity contribution >= 4 is 5.91 Å². The molecule has 0 fully saturated rings. The Morgan fingerprint density at radius 1 is 1.03 bits per heavy atom. The SMILES string of the molecule is Cc1c(F)cccc1-n1nnc(C(=O)NCCc2ccccc2)c1-c1ccccn1. The van der Waals surface area contributed by atoms with E-state index in [1.54, 1.807) is 37.4 Å². The number of halogens is 1. The molecule has 0 saturated carbocycles. The first-order valence-corrected chi connectivity index (χ1v) is 9.60. The van der Waals surface area contributed by atoms with Crippen LogP contribution in [0.1, 0.15) is 21.6 Å². The summed E-state index contributed by atoms with van der Waals surface area (Å²) in [4.78, 5) is 17.3. The van der Waals surface area contributed by atoms with E-state index in [1.165, 1.54) is 10.7 Å². The largest absolute Gasteiger partial charge is 0.350 e. The van der Waals surface area contributed by atoms with Crippen molar-refractivity contribution in [2.45, 2.75) is 13.3 Å². The van der Waals surface area contributed by atoms with Gasteiger partial charge in [-0.1, -0.05) is 47.7 Å². The molecule has 150 valence electrons. The molecule has 4 rings (SSSR count). The zero-order valence-electron chi connectivity index (χ0n) is 16.4. The Morgan fingerprint density at radius 3 is 2.60 bits per heavy atom. The lowest BCUT2D eigenvalue weighted by atomic mass is 10.1.